The number of para-hydroxylation sites is 1. The Hall–Kier alpha value is -2.70. The Bertz CT molecular complexity index is 915. The van der Waals surface area contributed by atoms with Gasteiger partial charge < -0.3 is 10.1 Å². The lowest BCUT2D eigenvalue weighted by molar-refractivity contribution is 0.0977. The summed E-state index contributed by atoms with van der Waals surface area (Å²) >= 11 is 8.55. The maximum absolute atomic E-state index is 12.2. The minimum atomic E-state index is -0.279. The molecule has 0 aromatic heterocycles. The Labute approximate surface area is 165 Å². The van der Waals surface area contributed by atoms with Gasteiger partial charge in [-0.1, -0.05) is 30.3 Å². The van der Waals surface area contributed by atoms with Crippen LogP contribution < -0.4 is 15.4 Å². The normalized spacial score (nSPS) is 10.0. The predicted molar refractivity (Wildman–Crippen MR) is 111 cm³/mol. The third-order valence-electron chi connectivity index (χ3n) is 3.44. The van der Waals surface area contributed by atoms with Crippen LogP contribution in [0.25, 0.3) is 0 Å². The van der Waals surface area contributed by atoms with Crippen molar-refractivity contribution in [3.05, 3.63) is 88.9 Å². The van der Waals surface area contributed by atoms with E-state index in [1.54, 1.807) is 18.2 Å². The van der Waals surface area contributed by atoms with Crippen LogP contribution in [-0.4, -0.2) is 11.0 Å². The average Bonchev–Trinajstić information content (AvgIpc) is 2.64. The van der Waals surface area contributed by atoms with Crippen LogP contribution in [0, 0.1) is 0 Å². The van der Waals surface area contributed by atoms with Crippen molar-refractivity contribution in [3.8, 4) is 11.5 Å². The fraction of sp³-hybridized carbons (Fsp3) is 0. The van der Waals surface area contributed by atoms with Crippen molar-refractivity contribution in [3.63, 3.8) is 0 Å². The van der Waals surface area contributed by atoms with Crippen molar-refractivity contribution in [1.82, 2.24) is 5.32 Å². The molecule has 0 saturated carbocycles. The van der Waals surface area contributed by atoms with Crippen LogP contribution in [0.3, 0.4) is 0 Å². The lowest BCUT2D eigenvalue weighted by Gasteiger charge is -2.11. The van der Waals surface area contributed by atoms with Crippen LogP contribution in [0.1, 0.15) is 10.4 Å². The summed E-state index contributed by atoms with van der Waals surface area (Å²) < 4.78 is 6.45. The second kappa shape index (κ2) is 8.60. The van der Waals surface area contributed by atoms with Gasteiger partial charge in [0.05, 0.1) is 5.56 Å². The molecule has 26 heavy (non-hydrogen) atoms. The minimum absolute atomic E-state index is 0.225. The molecule has 4 nitrogen and oxygen atoms in total. The standard InChI is InChI=1S/C20H15BrN2O2S/c21-18-9-5-4-8-17(18)19(24)23-20(26)22-14-10-12-16(13-11-14)25-15-6-2-1-3-7-15/h1-13H,(H2,22,23,24,26). The first kappa shape index (κ1) is 18.1. The van der Waals surface area contributed by atoms with Crippen LogP contribution in [0.4, 0.5) is 5.69 Å². The summed E-state index contributed by atoms with van der Waals surface area (Å²) in [7, 11) is 0. The lowest BCUT2D eigenvalue weighted by atomic mass is 10.2. The van der Waals surface area contributed by atoms with Crippen molar-refractivity contribution < 1.29 is 9.53 Å². The molecule has 0 saturated heterocycles. The number of rotatable bonds is 4. The van der Waals surface area contributed by atoms with E-state index >= 15 is 0 Å². The molecule has 3 rings (SSSR count). The molecule has 0 bridgehead atoms. The van der Waals surface area contributed by atoms with Crippen molar-refractivity contribution in [1.29, 1.82) is 0 Å². The summed E-state index contributed by atoms with van der Waals surface area (Å²) in [6, 6.07) is 24.0. The molecule has 6 heteroatoms. The fourth-order valence-electron chi connectivity index (χ4n) is 2.21. The van der Waals surface area contributed by atoms with Gasteiger partial charge in [0, 0.05) is 10.2 Å². The van der Waals surface area contributed by atoms with Crippen LogP contribution in [-0.2, 0) is 0 Å². The van der Waals surface area contributed by atoms with E-state index < -0.39 is 0 Å². The number of carbonyl (C=O) groups excluding carboxylic acids is 1. The Morgan fingerprint density at radius 2 is 1.46 bits per heavy atom. The number of halogens is 1. The molecular formula is C20H15BrN2O2S. The van der Waals surface area contributed by atoms with Gasteiger partial charge in [-0.05, 0) is 76.7 Å². The van der Waals surface area contributed by atoms with E-state index in [-0.39, 0.29) is 11.0 Å². The zero-order valence-electron chi connectivity index (χ0n) is 13.6. The monoisotopic (exact) mass is 426 g/mol. The maximum atomic E-state index is 12.2. The van der Waals surface area contributed by atoms with Gasteiger partial charge in [0.15, 0.2) is 5.11 Å². The summed E-state index contributed by atoms with van der Waals surface area (Å²) in [5.41, 5.74) is 1.27. The van der Waals surface area contributed by atoms with Gasteiger partial charge in [-0.15, -0.1) is 0 Å². The first-order chi connectivity index (χ1) is 12.6. The van der Waals surface area contributed by atoms with E-state index in [4.69, 9.17) is 17.0 Å². The molecule has 130 valence electrons. The summed E-state index contributed by atoms with van der Waals surface area (Å²) in [4.78, 5) is 12.2. The van der Waals surface area contributed by atoms with E-state index in [2.05, 4.69) is 26.6 Å². The highest BCUT2D eigenvalue weighted by atomic mass is 79.9. The van der Waals surface area contributed by atoms with Crippen molar-refractivity contribution in [2.75, 3.05) is 5.32 Å². The van der Waals surface area contributed by atoms with Gasteiger partial charge in [0.2, 0.25) is 0 Å². The van der Waals surface area contributed by atoms with Gasteiger partial charge in [-0.25, -0.2) is 0 Å². The van der Waals surface area contributed by atoms with Gasteiger partial charge in [0.1, 0.15) is 11.5 Å². The number of benzene rings is 3. The molecule has 0 radical (unpaired) electrons. The molecule has 0 aliphatic rings. The SMILES string of the molecule is O=C(NC(=S)Nc1ccc(Oc2ccccc2)cc1)c1ccccc1Br. The van der Waals surface area contributed by atoms with Gasteiger partial charge in [0.25, 0.3) is 5.91 Å². The number of carbonyl (C=O) groups is 1. The summed E-state index contributed by atoms with van der Waals surface area (Å²) in [6.45, 7) is 0. The minimum Gasteiger partial charge on any atom is -0.457 e. The van der Waals surface area contributed by atoms with Crippen LogP contribution >= 0.6 is 28.1 Å². The van der Waals surface area contributed by atoms with E-state index in [1.807, 2.05) is 60.7 Å². The molecule has 1 amide bonds. The molecule has 2 N–H and O–H groups in total. The molecule has 0 aliphatic carbocycles. The van der Waals surface area contributed by atoms with E-state index in [0.29, 0.717) is 15.8 Å². The molecule has 0 fully saturated rings. The highest BCUT2D eigenvalue weighted by molar-refractivity contribution is 9.10. The zero-order chi connectivity index (χ0) is 18.4. The summed E-state index contributed by atoms with van der Waals surface area (Å²) in [6.07, 6.45) is 0. The molecule has 0 spiro atoms. The number of ether oxygens (including phenoxy) is 1. The highest BCUT2D eigenvalue weighted by Crippen LogP contribution is 2.22. The van der Waals surface area contributed by atoms with Crippen LogP contribution in [0.5, 0.6) is 11.5 Å². The van der Waals surface area contributed by atoms with Gasteiger partial charge in [-0.3, -0.25) is 10.1 Å². The fourth-order valence-corrected chi connectivity index (χ4v) is 2.88. The Balaban J connectivity index is 1.58. The number of hydrogen-bond donors (Lipinski definition) is 2. The second-order valence-corrected chi connectivity index (χ2v) is 6.59. The summed E-state index contributed by atoms with van der Waals surface area (Å²) in [5, 5.41) is 5.87. The Morgan fingerprint density at radius 3 is 2.15 bits per heavy atom. The quantitative estimate of drug-likeness (QED) is 0.550. The van der Waals surface area contributed by atoms with Gasteiger partial charge >= 0.3 is 0 Å². The Morgan fingerprint density at radius 1 is 0.846 bits per heavy atom. The second-order valence-electron chi connectivity index (χ2n) is 5.33. The molecule has 3 aromatic rings. The number of hydrogen-bond acceptors (Lipinski definition) is 3. The Kier molecular flexibility index (Phi) is 5.99. The van der Waals surface area contributed by atoms with Crippen molar-refractivity contribution in [2.45, 2.75) is 0 Å². The van der Waals surface area contributed by atoms with Gasteiger partial charge in [-0.2, -0.15) is 0 Å². The number of anilines is 1. The first-order valence-corrected chi connectivity index (χ1v) is 9.02. The molecule has 0 atom stereocenters. The lowest BCUT2D eigenvalue weighted by Crippen LogP contribution is -2.34. The topological polar surface area (TPSA) is 50.4 Å². The van der Waals surface area contributed by atoms with E-state index in [0.717, 1.165) is 11.4 Å². The van der Waals surface area contributed by atoms with Crippen molar-refractivity contribution >= 4 is 44.9 Å². The first-order valence-electron chi connectivity index (χ1n) is 7.81. The van der Waals surface area contributed by atoms with Crippen LogP contribution in [0.2, 0.25) is 0 Å². The van der Waals surface area contributed by atoms with Crippen molar-refractivity contribution in [2.24, 2.45) is 0 Å². The van der Waals surface area contributed by atoms with Crippen LogP contribution in [0.15, 0.2) is 83.3 Å². The number of nitrogens with one attached hydrogen (secondary N) is 2. The number of thiocarbonyl (C=S) groups is 1. The third-order valence-corrected chi connectivity index (χ3v) is 4.33. The highest BCUT2D eigenvalue weighted by Gasteiger charge is 2.11. The van der Waals surface area contributed by atoms with E-state index in [1.165, 1.54) is 0 Å². The predicted octanol–water partition coefficient (Wildman–Crippen LogP) is 5.37. The maximum Gasteiger partial charge on any atom is 0.258 e. The smallest absolute Gasteiger partial charge is 0.258 e. The molecule has 0 unspecified atom stereocenters. The summed E-state index contributed by atoms with van der Waals surface area (Å²) in [5.74, 6) is 1.20. The molecular weight excluding hydrogens is 412 g/mol. The average molecular weight is 427 g/mol. The zero-order valence-corrected chi connectivity index (χ0v) is 16.0. The largest absolute Gasteiger partial charge is 0.457 e. The number of amides is 1. The molecule has 0 aliphatic heterocycles. The third kappa shape index (κ3) is 4.91. The van der Waals surface area contributed by atoms with E-state index in [9.17, 15) is 4.79 Å². The molecule has 0 heterocycles. The molecule has 3 aromatic carbocycles.